The summed E-state index contributed by atoms with van der Waals surface area (Å²) in [4.78, 5) is 16.7. The molecular formula is C20H18Cl3N5OS. The molecule has 1 aromatic heterocycles. The average Bonchev–Trinajstić information content (AvgIpc) is 2.72. The van der Waals surface area contributed by atoms with Crippen molar-refractivity contribution in [2.45, 2.75) is 9.96 Å². The van der Waals surface area contributed by atoms with Crippen LogP contribution >= 0.6 is 47.0 Å². The zero-order chi connectivity index (χ0) is 21.6. The van der Waals surface area contributed by atoms with E-state index in [1.54, 1.807) is 6.20 Å². The summed E-state index contributed by atoms with van der Waals surface area (Å²) in [6.45, 7) is -0.00360. The van der Waals surface area contributed by atoms with Crippen molar-refractivity contribution in [1.82, 2.24) is 15.6 Å². The molecule has 156 valence electrons. The van der Waals surface area contributed by atoms with Gasteiger partial charge in [-0.15, -0.1) is 0 Å². The van der Waals surface area contributed by atoms with E-state index in [-0.39, 0.29) is 17.6 Å². The third kappa shape index (κ3) is 6.34. The molecule has 1 amide bonds. The lowest BCUT2D eigenvalue weighted by Crippen LogP contribution is -2.57. The van der Waals surface area contributed by atoms with Crippen LogP contribution in [0.3, 0.4) is 0 Å². The first-order chi connectivity index (χ1) is 14.3. The number of nitrogens with zero attached hydrogens (tertiary/aromatic N) is 1. The average molecular weight is 483 g/mol. The van der Waals surface area contributed by atoms with Gasteiger partial charge >= 0.3 is 0 Å². The fourth-order valence-corrected chi connectivity index (χ4v) is 3.20. The van der Waals surface area contributed by atoms with Crippen molar-refractivity contribution in [3.05, 3.63) is 66.9 Å². The smallest absolute Gasteiger partial charge is 0.241 e. The minimum atomic E-state index is -1.84. The van der Waals surface area contributed by atoms with Crippen molar-refractivity contribution in [3.63, 3.8) is 0 Å². The van der Waals surface area contributed by atoms with Gasteiger partial charge in [0.2, 0.25) is 9.70 Å². The number of hydrogen-bond acceptors (Lipinski definition) is 4. The summed E-state index contributed by atoms with van der Waals surface area (Å²) in [6.07, 6.45) is 0.629. The van der Waals surface area contributed by atoms with Crippen molar-refractivity contribution in [2.75, 3.05) is 17.2 Å². The number of para-hydroxylation sites is 2. The standard InChI is InChI=1S/C20H18Cl3N5OS/c21-20(22,23)18(27-16(29)12-25-14-8-2-1-3-9-14)28-19(30)26-15-10-4-6-13-7-5-11-24-17(13)15/h1-11,18,25H,12H2,(H,27,29)(H2,26,28,30). The molecule has 0 saturated heterocycles. The van der Waals surface area contributed by atoms with Gasteiger partial charge in [-0.3, -0.25) is 9.78 Å². The van der Waals surface area contributed by atoms with Crippen LogP contribution in [0.1, 0.15) is 0 Å². The first-order valence-electron chi connectivity index (χ1n) is 8.89. The number of amides is 1. The van der Waals surface area contributed by atoms with E-state index >= 15 is 0 Å². The molecule has 1 heterocycles. The number of anilines is 2. The molecule has 6 nitrogen and oxygen atoms in total. The van der Waals surface area contributed by atoms with Gasteiger partial charge in [0, 0.05) is 17.3 Å². The lowest BCUT2D eigenvalue weighted by atomic mass is 10.2. The number of hydrogen-bond donors (Lipinski definition) is 4. The second kappa shape index (κ2) is 10.1. The highest BCUT2D eigenvalue weighted by atomic mass is 35.6. The molecule has 0 spiro atoms. The van der Waals surface area contributed by atoms with E-state index in [0.29, 0.717) is 5.69 Å². The number of halogens is 3. The molecule has 1 atom stereocenters. The normalized spacial score (nSPS) is 12.1. The Morgan fingerprint density at radius 1 is 1.00 bits per heavy atom. The van der Waals surface area contributed by atoms with Crippen LogP contribution in [0, 0.1) is 0 Å². The first-order valence-corrected chi connectivity index (χ1v) is 10.4. The topological polar surface area (TPSA) is 78.1 Å². The van der Waals surface area contributed by atoms with Gasteiger partial charge in [0.25, 0.3) is 0 Å². The fourth-order valence-electron chi connectivity index (χ4n) is 2.64. The fraction of sp³-hybridized carbons (Fsp3) is 0.150. The van der Waals surface area contributed by atoms with Gasteiger partial charge in [0.15, 0.2) is 5.11 Å². The van der Waals surface area contributed by atoms with Gasteiger partial charge in [-0.2, -0.15) is 0 Å². The SMILES string of the molecule is O=C(CNc1ccccc1)NC(NC(=S)Nc1cccc2cccnc12)C(Cl)(Cl)Cl. The molecular weight excluding hydrogens is 465 g/mol. The minimum absolute atomic E-state index is 0.00360. The second-order valence-electron chi connectivity index (χ2n) is 6.24. The Morgan fingerprint density at radius 3 is 2.47 bits per heavy atom. The number of pyridine rings is 1. The van der Waals surface area contributed by atoms with Gasteiger partial charge < -0.3 is 21.3 Å². The Morgan fingerprint density at radius 2 is 1.73 bits per heavy atom. The molecule has 0 aliphatic rings. The molecule has 3 aromatic rings. The summed E-state index contributed by atoms with van der Waals surface area (Å²) >= 11 is 23.5. The number of benzene rings is 2. The largest absolute Gasteiger partial charge is 0.376 e. The van der Waals surface area contributed by atoms with Gasteiger partial charge in [-0.25, -0.2) is 0 Å². The number of nitrogens with one attached hydrogen (secondary N) is 4. The van der Waals surface area contributed by atoms with Gasteiger partial charge in [0.05, 0.1) is 17.7 Å². The Kier molecular flexibility index (Phi) is 7.55. The number of rotatable bonds is 6. The maximum absolute atomic E-state index is 12.3. The van der Waals surface area contributed by atoms with Gasteiger partial charge in [-0.05, 0) is 36.5 Å². The van der Waals surface area contributed by atoms with Gasteiger partial charge in [-0.1, -0.05) is 71.2 Å². The molecule has 2 aromatic carbocycles. The van der Waals surface area contributed by atoms with E-state index in [1.165, 1.54) is 0 Å². The Labute approximate surface area is 194 Å². The summed E-state index contributed by atoms with van der Waals surface area (Å²) in [5.74, 6) is -0.377. The summed E-state index contributed by atoms with van der Waals surface area (Å²) < 4.78 is -1.84. The summed E-state index contributed by atoms with van der Waals surface area (Å²) in [5, 5.41) is 12.6. The molecule has 4 N–H and O–H groups in total. The van der Waals surface area contributed by atoms with Crippen molar-refractivity contribution >= 4 is 80.3 Å². The van der Waals surface area contributed by atoms with Crippen LogP contribution in [0.2, 0.25) is 0 Å². The van der Waals surface area contributed by atoms with E-state index in [1.807, 2.05) is 60.7 Å². The number of aromatic nitrogens is 1. The molecule has 0 radical (unpaired) electrons. The van der Waals surface area contributed by atoms with Crippen LogP contribution in [-0.2, 0) is 4.79 Å². The van der Waals surface area contributed by atoms with Crippen LogP contribution in [0.15, 0.2) is 66.9 Å². The Hall–Kier alpha value is -2.32. The number of alkyl halides is 3. The highest BCUT2D eigenvalue weighted by Gasteiger charge is 2.34. The van der Waals surface area contributed by atoms with E-state index in [0.717, 1.165) is 16.6 Å². The molecule has 0 saturated carbocycles. The third-order valence-electron chi connectivity index (χ3n) is 4.02. The quantitative estimate of drug-likeness (QED) is 0.236. The lowest BCUT2D eigenvalue weighted by Gasteiger charge is -2.28. The molecule has 1 unspecified atom stereocenters. The molecule has 0 aliphatic carbocycles. The molecule has 10 heteroatoms. The van der Waals surface area contributed by atoms with Crippen molar-refractivity contribution in [1.29, 1.82) is 0 Å². The first kappa shape index (κ1) is 22.4. The van der Waals surface area contributed by atoms with Crippen molar-refractivity contribution in [2.24, 2.45) is 0 Å². The third-order valence-corrected chi connectivity index (χ3v) is 4.89. The minimum Gasteiger partial charge on any atom is -0.376 e. The van der Waals surface area contributed by atoms with Crippen LogP contribution < -0.4 is 21.3 Å². The summed E-state index contributed by atoms with van der Waals surface area (Å²) in [7, 11) is 0. The van der Waals surface area contributed by atoms with Crippen LogP contribution in [0.4, 0.5) is 11.4 Å². The van der Waals surface area contributed by atoms with Crippen LogP contribution in [-0.4, -0.2) is 32.5 Å². The molecule has 3 rings (SSSR count). The van der Waals surface area contributed by atoms with Crippen molar-refractivity contribution in [3.8, 4) is 0 Å². The molecule has 30 heavy (non-hydrogen) atoms. The Bertz CT molecular complexity index is 1020. The van der Waals surface area contributed by atoms with E-state index in [2.05, 4.69) is 26.3 Å². The lowest BCUT2D eigenvalue weighted by molar-refractivity contribution is -0.120. The van der Waals surface area contributed by atoms with Crippen LogP contribution in [0.25, 0.3) is 10.9 Å². The zero-order valence-electron chi connectivity index (χ0n) is 15.5. The molecule has 0 bridgehead atoms. The molecule has 0 fully saturated rings. The second-order valence-corrected chi connectivity index (χ2v) is 9.02. The maximum Gasteiger partial charge on any atom is 0.241 e. The van der Waals surface area contributed by atoms with Crippen LogP contribution in [0.5, 0.6) is 0 Å². The van der Waals surface area contributed by atoms with Gasteiger partial charge in [0.1, 0.15) is 6.17 Å². The summed E-state index contributed by atoms with van der Waals surface area (Å²) in [6, 6.07) is 18.7. The highest BCUT2D eigenvalue weighted by molar-refractivity contribution is 7.80. The highest BCUT2D eigenvalue weighted by Crippen LogP contribution is 2.29. The number of thiocarbonyl (C=S) groups is 1. The number of carbonyl (C=O) groups excluding carboxylic acids is 1. The van der Waals surface area contributed by atoms with E-state index in [9.17, 15) is 4.79 Å². The monoisotopic (exact) mass is 481 g/mol. The maximum atomic E-state index is 12.3. The predicted octanol–water partition coefficient (Wildman–Crippen LogP) is 4.45. The summed E-state index contributed by atoms with van der Waals surface area (Å²) in [5.41, 5.74) is 2.23. The van der Waals surface area contributed by atoms with Crippen molar-refractivity contribution < 1.29 is 4.79 Å². The Balaban J connectivity index is 1.62. The number of carbonyl (C=O) groups is 1. The van der Waals surface area contributed by atoms with E-state index in [4.69, 9.17) is 47.0 Å². The zero-order valence-corrected chi connectivity index (χ0v) is 18.6. The van der Waals surface area contributed by atoms with E-state index < -0.39 is 9.96 Å². The molecule has 0 aliphatic heterocycles. The number of fused-ring (bicyclic) bond motifs is 1. The predicted molar refractivity (Wildman–Crippen MR) is 128 cm³/mol.